The van der Waals surface area contributed by atoms with Gasteiger partial charge in [0.05, 0.1) is 12.6 Å². The van der Waals surface area contributed by atoms with Gasteiger partial charge in [-0.2, -0.15) is 0 Å². The van der Waals surface area contributed by atoms with Crippen LogP contribution in [0.1, 0.15) is 24.4 Å². The molecule has 2 rings (SSSR count). The van der Waals surface area contributed by atoms with Gasteiger partial charge in [0.25, 0.3) is 0 Å². The summed E-state index contributed by atoms with van der Waals surface area (Å²) in [5, 5.41) is 11.5. The number of hydrogen-bond donors (Lipinski definition) is 1. The van der Waals surface area contributed by atoms with Crippen molar-refractivity contribution in [3.63, 3.8) is 0 Å². The van der Waals surface area contributed by atoms with E-state index in [0.29, 0.717) is 12.4 Å². The molecule has 0 fully saturated rings. The topological polar surface area (TPSA) is 69.6 Å². The van der Waals surface area contributed by atoms with Crippen LogP contribution in [-0.2, 0) is 6.54 Å². The largest absolute Gasteiger partial charge is 0.322 e. The third kappa shape index (κ3) is 2.45. The number of rotatable bonds is 3. The second kappa shape index (κ2) is 4.71. The Kier molecular flexibility index (Phi) is 3.31. The molecule has 0 amide bonds. The zero-order chi connectivity index (χ0) is 11.5. The summed E-state index contributed by atoms with van der Waals surface area (Å²) in [6.45, 7) is 2.49. The highest BCUT2D eigenvalue weighted by Crippen LogP contribution is 2.13. The fraction of sp³-hybridized carbons (Fsp3) is 0.300. The number of tetrazole rings is 1. The molecule has 5 nitrogen and oxygen atoms in total. The van der Waals surface area contributed by atoms with E-state index in [0.717, 1.165) is 10.0 Å². The van der Waals surface area contributed by atoms with Crippen LogP contribution >= 0.6 is 15.9 Å². The standard InChI is InChI=1S/C10H12BrN5/c1-7(12)10-13-14-15-16(10)6-8-3-2-4-9(11)5-8/h2-5,7H,6,12H2,1H3. The van der Waals surface area contributed by atoms with Crippen LogP contribution in [0.4, 0.5) is 0 Å². The van der Waals surface area contributed by atoms with Gasteiger partial charge >= 0.3 is 0 Å². The van der Waals surface area contributed by atoms with Gasteiger partial charge in [0.1, 0.15) is 0 Å². The molecule has 0 aliphatic carbocycles. The Bertz CT molecular complexity index is 480. The molecule has 16 heavy (non-hydrogen) atoms. The monoisotopic (exact) mass is 281 g/mol. The van der Waals surface area contributed by atoms with Gasteiger partial charge in [0, 0.05) is 4.47 Å². The Hall–Kier alpha value is -1.27. The van der Waals surface area contributed by atoms with Crippen molar-refractivity contribution >= 4 is 15.9 Å². The van der Waals surface area contributed by atoms with Crippen LogP contribution in [0, 0.1) is 0 Å². The lowest BCUT2D eigenvalue weighted by molar-refractivity contribution is 0.587. The fourth-order valence-corrected chi connectivity index (χ4v) is 1.91. The van der Waals surface area contributed by atoms with E-state index in [1.54, 1.807) is 4.68 Å². The van der Waals surface area contributed by atoms with Gasteiger partial charge in [-0.05, 0) is 35.0 Å². The van der Waals surface area contributed by atoms with E-state index in [-0.39, 0.29) is 6.04 Å². The quantitative estimate of drug-likeness (QED) is 0.926. The number of halogens is 1. The second-order valence-corrected chi connectivity index (χ2v) is 4.53. The molecule has 84 valence electrons. The Morgan fingerprint density at radius 1 is 1.50 bits per heavy atom. The van der Waals surface area contributed by atoms with Crippen molar-refractivity contribution < 1.29 is 0 Å². The SMILES string of the molecule is CC(N)c1nnnn1Cc1cccc(Br)c1. The van der Waals surface area contributed by atoms with Crippen LogP contribution in [0.25, 0.3) is 0 Å². The first-order valence-corrected chi connectivity index (χ1v) is 5.72. The van der Waals surface area contributed by atoms with Gasteiger partial charge in [-0.15, -0.1) is 5.10 Å². The zero-order valence-corrected chi connectivity index (χ0v) is 10.4. The maximum absolute atomic E-state index is 5.77. The normalized spacial score (nSPS) is 12.7. The first-order valence-electron chi connectivity index (χ1n) is 4.93. The number of hydrogen-bond acceptors (Lipinski definition) is 4. The van der Waals surface area contributed by atoms with Crippen molar-refractivity contribution in [2.24, 2.45) is 5.73 Å². The predicted octanol–water partition coefficient (Wildman–Crippen LogP) is 1.50. The summed E-state index contributed by atoms with van der Waals surface area (Å²) in [5.41, 5.74) is 6.90. The van der Waals surface area contributed by atoms with E-state index in [2.05, 4.69) is 31.5 Å². The molecule has 1 aromatic carbocycles. The zero-order valence-electron chi connectivity index (χ0n) is 8.84. The van der Waals surface area contributed by atoms with Crippen molar-refractivity contribution in [3.05, 3.63) is 40.1 Å². The number of nitrogens with two attached hydrogens (primary N) is 1. The van der Waals surface area contributed by atoms with Crippen LogP contribution in [0.15, 0.2) is 28.7 Å². The molecule has 6 heteroatoms. The molecule has 1 aromatic heterocycles. The molecule has 2 N–H and O–H groups in total. The van der Waals surface area contributed by atoms with Gasteiger partial charge in [-0.1, -0.05) is 28.1 Å². The van der Waals surface area contributed by atoms with Crippen molar-refractivity contribution in [1.82, 2.24) is 20.2 Å². The van der Waals surface area contributed by atoms with Gasteiger partial charge in [-0.3, -0.25) is 0 Å². The molecule has 1 heterocycles. The summed E-state index contributed by atoms with van der Waals surface area (Å²) >= 11 is 3.43. The Labute approximate surface area is 102 Å². The third-order valence-electron chi connectivity index (χ3n) is 2.19. The summed E-state index contributed by atoms with van der Waals surface area (Å²) < 4.78 is 2.76. The number of aromatic nitrogens is 4. The highest BCUT2D eigenvalue weighted by atomic mass is 79.9. The minimum Gasteiger partial charge on any atom is -0.322 e. The van der Waals surface area contributed by atoms with E-state index in [1.807, 2.05) is 31.2 Å². The minimum absolute atomic E-state index is 0.165. The summed E-state index contributed by atoms with van der Waals surface area (Å²) in [6.07, 6.45) is 0. The Morgan fingerprint density at radius 3 is 3.00 bits per heavy atom. The predicted molar refractivity (Wildman–Crippen MR) is 63.7 cm³/mol. The van der Waals surface area contributed by atoms with Gasteiger partial charge in [0.15, 0.2) is 5.82 Å². The lowest BCUT2D eigenvalue weighted by atomic mass is 10.2. The van der Waals surface area contributed by atoms with Crippen molar-refractivity contribution in [2.75, 3.05) is 0 Å². The molecular formula is C10H12BrN5. The molecule has 0 aliphatic rings. The lowest BCUT2D eigenvalue weighted by Gasteiger charge is -2.07. The molecule has 0 spiro atoms. The summed E-state index contributed by atoms with van der Waals surface area (Å²) in [5.74, 6) is 0.694. The Morgan fingerprint density at radius 2 is 2.31 bits per heavy atom. The van der Waals surface area contributed by atoms with E-state index in [4.69, 9.17) is 5.73 Å². The lowest BCUT2D eigenvalue weighted by Crippen LogP contribution is -2.15. The molecule has 1 unspecified atom stereocenters. The first-order chi connectivity index (χ1) is 7.66. The van der Waals surface area contributed by atoms with E-state index < -0.39 is 0 Å². The number of nitrogens with zero attached hydrogens (tertiary/aromatic N) is 4. The van der Waals surface area contributed by atoms with E-state index in [1.165, 1.54) is 0 Å². The number of benzene rings is 1. The summed E-state index contributed by atoms with van der Waals surface area (Å²) in [4.78, 5) is 0. The van der Waals surface area contributed by atoms with Gasteiger partial charge < -0.3 is 5.73 Å². The summed E-state index contributed by atoms with van der Waals surface area (Å²) in [6, 6.07) is 7.86. The molecule has 0 radical (unpaired) electrons. The molecule has 0 aliphatic heterocycles. The first kappa shape index (κ1) is 11.2. The molecule has 2 aromatic rings. The van der Waals surface area contributed by atoms with Crippen LogP contribution in [0.5, 0.6) is 0 Å². The van der Waals surface area contributed by atoms with Crippen molar-refractivity contribution in [3.8, 4) is 0 Å². The maximum Gasteiger partial charge on any atom is 0.168 e. The molecular weight excluding hydrogens is 270 g/mol. The molecule has 0 bridgehead atoms. The average Bonchev–Trinajstić information content (AvgIpc) is 2.66. The average molecular weight is 282 g/mol. The van der Waals surface area contributed by atoms with E-state index in [9.17, 15) is 0 Å². The highest BCUT2D eigenvalue weighted by molar-refractivity contribution is 9.10. The third-order valence-corrected chi connectivity index (χ3v) is 2.68. The van der Waals surface area contributed by atoms with Gasteiger partial charge in [-0.25, -0.2) is 4.68 Å². The van der Waals surface area contributed by atoms with Crippen molar-refractivity contribution in [2.45, 2.75) is 19.5 Å². The van der Waals surface area contributed by atoms with E-state index >= 15 is 0 Å². The van der Waals surface area contributed by atoms with Crippen molar-refractivity contribution in [1.29, 1.82) is 0 Å². The molecule has 0 saturated carbocycles. The minimum atomic E-state index is -0.165. The summed E-state index contributed by atoms with van der Waals surface area (Å²) in [7, 11) is 0. The maximum atomic E-state index is 5.77. The van der Waals surface area contributed by atoms with Crippen LogP contribution in [0.3, 0.4) is 0 Å². The van der Waals surface area contributed by atoms with Gasteiger partial charge in [0.2, 0.25) is 0 Å². The Balaban J connectivity index is 2.24. The van der Waals surface area contributed by atoms with Crippen LogP contribution < -0.4 is 5.73 Å². The highest BCUT2D eigenvalue weighted by Gasteiger charge is 2.10. The fourth-order valence-electron chi connectivity index (χ4n) is 1.46. The molecule has 1 atom stereocenters. The van der Waals surface area contributed by atoms with Crippen LogP contribution in [0.2, 0.25) is 0 Å². The molecule has 0 saturated heterocycles. The van der Waals surface area contributed by atoms with Crippen LogP contribution in [-0.4, -0.2) is 20.2 Å². The smallest absolute Gasteiger partial charge is 0.168 e. The second-order valence-electron chi connectivity index (χ2n) is 3.61.